The lowest BCUT2D eigenvalue weighted by atomic mass is 10.2. The molecule has 0 unspecified atom stereocenters. The molecule has 2 amide bonds. The Bertz CT molecular complexity index is 819. The van der Waals surface area contributed by atoms with Crippen LogP contribution in [-0.2, 0) is 4.79 Å². The second-order valence-electron chi connectivity index (χ2n) is 6.05. The molecule has 0 spiro atoms. The van der Waals surface area contributed by atoms with E-state index in [1.54, 1.807) is 60.5 Å². The number of piperazine rings is 1. The Morgan fingerprint density at radius 2 is 1.89 bits per heavy atom. The summed E-state index contributed by atoms with van der Waals surface area (Å²) in [6, 6.07) is 8.78. The minimum atomic E-state index is -0.0800. The standard InChI is InChI=1S/C19H22N4O4/c1-26-15-3-4-17(27-2)16(12-15)21-18-11-14(5-6-20-18)19(25)23-9-7-22(13-24)8-10-23/h3-6,11-13H,7-10H2,1-2H3,(H,20,21). The van der Waals surface area contributed by atoms with Crippen molar-refractivity contribution in [2.24, 2.45) is 0 Å². The third-order valence-electron chi connectivity index (χ3n) is 4.43. The van der Waals surface area contributed by atoms with Gasteiger partial charge in [-0.2, -0.15) is 0 Å². The summed E-state index contributed by atoms with van der Waals surface area (Å²) in [5.41, 5.74) is 1.22. The molecule has 0 saturated carbocycles. The normalized spacial score (nSPS) is 13.9. The smallest absolute Gasteiger partial charge is 0.254 e. The van der Waals surface area contributed by atoms with Crippen LogP contribution in [-0.4, -0.2) is 67.5 Å². The Labute approximate surface area is 157 Å². The lowest BCUT2D eigenvalue weighted by molar-refractivity contribution is -0.119. The number of nitrogens with one attached hydrogen (secondary N) is 1. The minimum absolute atomic E-state index is 0.0800. The Morgan fingerprint density at radius 1 is 1.11 bits per heavy atom. The fraction of sp³-hybridized carbons (Fsp3) is 0.316. The Kier molecular flexibility index (Phi) is 5.75. The maximum atomic E-state index is 12.7. The molecule has 0 bridgehead atoms. The van der Waals surface area contributed by atoms with Crippen molar-refractivity contribution in [2.45, 2.75) is 0 Å². The van der Waals surface area contributed by atoms with E-state index in [0.717, 1.165) is 6.41 Å². The molecule has 0 aliphatic carbocycles. The van der Waals surface area contributed by atoms with Gasteiger partial charge in [0.2, 0.25) is 6.41 Å². The van der Waals surface area contributed by atoms with Crippen LogP contribution in [0.2, 0.25) is 0 Å². The Morgan fingerprint density at radius 3 is 2.56 bits per heavy atom. The first-order chi connectivity index (χ1) is 13.1. The molecule has 8 heteroatoms. The molecule has 1 aromatic heterocycles. The number of amides is 2. The Balaban J connectivity index is 1.76. The molecule has 1 aromatic carbocycles. The number of carbonyl (C=O) groups is 2. The number of hydrogen-bond acceptors (Lipinski definition) is 6. The van der Waals surface area contributed by atoms with Crippen LogP contribution in [0.5, 0.6) is 11.5 Å². The summed E-state index contributed by atoms with van der Waals surface area (Å²) in [5, 5.41) is 3.17. The average Bonchev–Trinajstić information content (AvgIpc) is 2.73. The summed E-state index contributed by atoms with van der Waals surface area (Å²) in [5.74, 6) is 1.76. The number of anilines is 2. The highest BCUT2D eigenvalue weighted by atomic mass is 16.5. The first-order valence-electron chi connectivity index (χ1n) is 8.58. The molecule has 0 radical (unpaired) electrons. The zero-order valence-corrected chi connectivity index (χ0v) is 15.3. The van der Waals surface area contributed by atoms with Gasteiger partial charge in [0.25, 0.3) is 5.91 Å². The maximum absolute atomic E-state index is 12.7. The van der Waals surface area contributed by atoms with E-state index in [4.69, 9.17) is 9.47 Å². The highest BCUT2D eigenvalue weighted by molar-refractivity contribution is 5.95. The summed E-state index contributed by atoms with van der Waals surface area (Å²) in [6.07, 6.45) is 2.40. The van der Waals surface area contributed by atoms with Crippen molar-refractivity contribution >= 4 is 23.8 Å². The van der Waals surface area contributed by atoms with Gasteiger partial charge >= 0.3 is 0 Å². The van der Waals surface area contributed by atoms with Crippen molar-refractivity contribution in [3.63, 3.8) is 0 Å². The van der Waals surface area contributed by atoms with E-state index in [9.17, 15) is 9.59 Å². The minimum Gasteiger partial charge on any atom is -0.497 e. The second kappa shape index (κ2) is 8.39. The summed E-state index contributed by atoms with van der Waals surface area (Å²) in [6.45, 7) is 2.14. The summed E-state index contributed by atoms with van der Waals surface area (Å²) in [7, 11) is 3.17. The fourth-order valence-corrected chi connectivity index (χ4v) is 2.89. The lowest BCUT2D eigenvalue weighted by Crippen LogP contribution is -2.48. The number of rotatable bonds is 6. The van der Waals surface area contributed by atoms with Crippen molar-refractivity contribution in [2.75, 3.05) is 45.7 Å². The van der Waals surface area contributed by atoms with Crippen molar-refractivity contribution in [1.29, 1.82) is 0 Å². The zero-order chi connectivity index (χ0) is 19.2. The molecule has 2 aromatic rings. The van der Waals surface area contributed by atoms with Gasteiger partial charge < -0.3 is 24.6 Å². The topological polar surface area (TPSA) is 84.0 Å². The number of pyridine rings is 1. The van der Waals surface area contributed by atoms with Gasteiger partial charge in [0.15, 0.2) is 0 Å². The van der Waals surface area contributed by atoms with Crippen molar-refractivity contribution in [1.82, 2.24) is 14.8 Å². The van der Waals surface area contributed by atoms with Gasteiger partial charge in [-0.15, -0.1) is 0 Å². The number of aromatic nitrogens is 1. The number of nitrogens with zero attached hydrogens (tertiary/aromatic N) is 3. The molecular formula is C19H22N4O4. The van der Waals surface area contributed by atoms with E-state index in [0.29, 0.717) is 54.7 Å². The quantitative estimate of drug-likeness (QED) is 0.780. The highest BCUT2D eigenvalue weighted by Crippen LogP contribution is 2.31. The SMILES string of the molecule is COc1ccc(OC)c(Nc2cc(C(=O)N3CCN(C=O)CC3)ccn2)c1. The van der Waals surface area contributed by atoms with Crippen molar-refractivity contribution in [3.8, 4) is 11.5 Å². The lowest BCUT2D eigenvalue weighted by Gasteiger charge is -2.32. The predicted octanol–water partition coefficient (Wildman–Crippen LogP) is 1.76. The summed E-state index contributed by atoms with van der Waals surface area (Å²) in [4.78, 5) is 31.2. The van der Waals surface area contributed by atoms with Crippen LogP contribution in [0.25, 0.3) is 0 Å². The molecule has 2 heterocycles. The fourth-order valence-electron chi connectivity index (χ4n) is 2.89. The van der Waals surface area contributed by atoms with Gasteiger partial charge in [-0.25, -0.2) is 4.98 Å². The van der Waals surface area contributed by atoms with Gasteiger partial charge in [0, 0.05) is 44.0 Å². The Hall–Kier alpha value is -3.29. The molecule has 1 aliphatic heterocycles. The van der Waals surface area contributed by atoms with Crippen molar-refractivity contribution in [3.05, 3.63) is 42.1 Å². The first kappa shape index (κ1) is 18.5. The number of benzene rings is 1. The predicted molar refractivity (Wildman–Crippen MR) is 101 cm³/mol. The van der Waals surface area contributed by atoms with Gasteiger partial charge in [-0.05, 0) is 24.3 Å². The van der Waals surface area contributed by atoms with Crippen LogP contribution in [0.3, 0.4) is 0 Å². The van der Waals surface area contributed by atoms with Crippen molar-refractivity contribution < 1.29 is 19.1 Å². The van der Waals surface area contributed by atoms with E-state index in [-0.39, 0.29) is 5.91 Å². The molecule has 1 aliphatic rings. The molecule has 1 fully saturated rings. The van der Waals surface area contributed by atoms with Crippen LogP contribution in [0.4, 0.5) is 11.5 Å². The number of methoxy groups -OCH3 is 2. The monoisotopic (exact) mass is 370 g/mol. The molecular weight excluding hydrogens is 348 g/mol. The number of carbonyl (C=O) groups excluding carboxylic acids is 2. The van der Waals surface area contributed by atoms with Crippen LogP contribution < -0.4 is 14.8 Å². The number of ether oxygens (including phenoxy) is 2. The number of hydrogen-bond donors (Lipinski definition) is 1. The molecule has 3 rings (SSSR count). The van der Waals surface area contributed by atoms with Crippen LogP contribution in [0.15, 0.2) is 36.5 Å². The van der Waals surface area contributed by atoms with Gasteiger partial charge in [0.1, 0.15) is 17.3 Å². The molecule has 1 saturated heterocycles. The molecule has 27 heavy (non-hydrogen) atoms. The second-order valence-corrected chi connectivity index (χ2v) is 6.05. The molecule has 0 atom stereocenters. The van der Waals surface area contributed by atoms with Crippen LogP contribution >= 0.6 is 0 Å². The van der Waals surface area contributed by atoms with E-state index < -0.39 is 0 Å². The third kappa shape index (κ3) is 4.28. The van der Waals surface area contributed by atoms with Crippen LogP contribution in [0, 0.1) is 0 Å². The van der Waals surface area contributed by atoms with Crippen LogP contribution in [0.1, 0.15) is 10.4 Å². The van der Waals surface area contributed by atoms with Gasteiger partial charge in [-0.3, -0.25) is 9.59 Å². The van der Waals surface area contributed by atoms with E-state index in [1.807, 2.05) is 0 Å². The molecule has 142 valence electrons. The van der Waals surface area contributed by atoms with E-state index in [2.05, 4.69) is 10.3 Å². The van der Waals surface area contributed by atoms with E-state index in [1.165, 1.54) is 0 Å². The summed E-state index contributed by atoms with van der Waals surface area (Å²) < 4.78 is 10.6. The average molecular weight is 370 g/mol. The zero-order valence-electron chi connectivity index (χ0n) is 15.3. The highest BCUT2D eigenvalue weighted by Gasteiger charge is 2.21. The molecule has 8 nitrogen and oxygen atoms in total. The third-order valence-corrected chi connectivity index (χ3v) is 4.43. The maximum Gasteiger partial charge on any atom is 0.254 e. The largest absolute Gasteiger partial charge is 0.497 e. The first-order valence-corrected chi connectivity index (χ1v) is 8.58. The summed E-state index contributed by atoms with van der Waals surface area (Å²) >= 11 is 0. The van der Waals surface area contributed by atoms with Gasteiger partial charge in [0.05, 0.1) is 19.9 Å². The van der Waals surface area contributed by atoms with Gasteiger partial charge in [-0.1, -0.05) is 0 Å². The molecule has 1 N–H and O–H groups in total. The van der Waals surface area contributed by atoms with E-state index >= 15 is 0 Å².